The van der Waals surface area contributed by atoms with E-state index in [2.05, 4.69) is 10.2 Å². The molecule has 0 N–H and O–H groups in total. The Bertz CT molecular complexity index is 1280. The molecular formula is C23H28N6O5. The number of rotatable bonds is 3. The molecule has 1 saturated heterocycles. The summed E-state index contributed by atoms with van der Waals surface area (Å²) in [6, 6.07) is 8.41. The zero-order valence-electron chi connectivity index (χ0n) is 19.9. The second-order valence-electron chi connectivity index (χ2n) is 9.09. The van der Waals surface area contributed by atoms with Crippen molar-refractivity contribution < 1.29 is 19.1 Å². The minimum Gasteiger partial charge on any atom is -0.465 e. The summed E-state index contributed by atoms with van der Waals surface area (Å²) in [4.78, 5) is 40.3. The van der Waals surface area contributed by atoms with Gasteiger partial charge in [-0.15, -0.1) is 10.2 Å². The third kappa shape index (κ3) is 4.59. The van der Waals surface area contributed by atoms with E-state index < -0.39 is 11.6 Å². The molecule has 1 aromatic carbocycles. The van der Waals surface area contributed by atoms with E-state index in [1.54, 1.807) is 33.8 Å². The molecule has 34 heavy (non-hydrogen) atoms. The monoisotopic (exact) mass is 468 g/mol. The van der Waals surface area contributed by atoms with E-state index in [-0.39, 0.29) is 17.2 Å². The van der Waals surface area contributed by atoms with Crippen molar-refractivity contribution in [3.05, 3.63) is 51.9 Å². The van der Waals surface area contributed by atoms with Gasteiger partial charge >= 0.3 is 12.1 Å². The Balaban J connectivity index is 1.57. The maximum Gasteiger partial charge on any atom is 0.410 e. The lowest BCUT2D eigenvalue weighted by molar-refractivity contribution is 0.0231. The normalized spacial score (nSPS) is 14.4. The highest BCUT2D eigenvalue weighted by Crippen LogP contribution is 2.15. The van der Waals surface area contributed by atoms with E-state index in [1.807, 2.05) is 38.8 Å². The maximum absolute atomic E-state index is 13.3. The summed E-state index contributed by atoms with van der Waals surface area (Å²) in [5, 5.41) is 10.7. The molecule has 4 rings (SSSR count). The number of ether oxygens (including phenoxy) is 2. The van der Waals surface area contributed by atoms with Gasteiger partial charge < -0.3 is 19.4 Å². The number of carbonyl (C=O) groups is 2. The molecule has 0 bridgehead atoms. The van der Waals surface area contributed by atoms with Gasteiger partial charge in [-0.25, -0.2) is 14.3 Å². The van der Waals surface area contributed by atoms with Gasteiger partial charge in [0.1, 0.15) is 11.1 Å². The van der Waals surface area contributed by atoms with Crippen LogP contribution in [-0.2, 0) is 9.47 Å². The number of fused-ring (bicyclic) bond motifs is 1. The summed E-state index contributed by atoms with van der Waals surface area (Å²) < 4.78 is 11.8. The van der Waals surface area contributed by atoms with E-state index in [9.17, 15) is 14.4 Å². The van der Waals surface area contributed by atoms with Crippen LogP contribution in [-0.4, -0.2) is 75.5 Å². The number of hydrogen-bond acceptors (Lipinski definition) is 8. The fraction of sp³-hybridized carbons (Fsp3) is 0.435. The minimum absolute atomic E-state index is 0.234. The molecule has 2 aromatic heterocycles. The predicted octanol–water partition coefficient (Wildman–Crippen LogP) is 1.87. The van der Waals surface area contributed by atoms with Gasteiger partial charge in [0.25, 0.3) is 5.56 Å². The summed E-state index contributed by atoms with van der Waals surface area (Å²) in [5.74, 6) is -0.435. The summed E-state index contributed by atoms with van der Waals surface area (Å²) in [6.07, 6.45) is -0.354. The molecule has 0 atom stereocenters. The number of benzene rings is 1. The summed E-state index contributed by atoms with van der Waals surface area (Å²) in [6.45, 7) is 9.18. The van der Waals surface area contributed by atoms with Crippen molar-refractivity contribution in [2.45, 2.75) is 33.3 Å². The molecule has 1 aliphatic rings. The van der Waals surface area contributed by atoms with E-state index in [4.69, 9.17) is 9.47 Å². The second-order valence-corrected chi connectivity index (χ2v) is 9.09. The van der Waals surface area contributed by atoms with Crippen LogP contribution in [0.2, 0.25) is 0 Å². The molecule has 11 heteroatoms. The molecule has 1 fully saturated rings. The number of amides is 1. The third-order valence-corrected chi connectivity index (χ3v) is 5.42. The molecule has 0 radical (unpaired) electrons. The van der Waals surface area contributed by atoms with Crippen LogP contribution >= 0.6 is 0 Å². The zero-order valence-corrected chi connectivity index (χ0v) is 19.9. The highest BCUT2D eigenvalue weighted by molar-refractivity contribution is 5.89. The maximum atomic E-state index is 13.3. The number of aryl methyl sites for hydroxylation is 1. The van der Waals surface area contributed by atoms with Crippen LogP contribution in [0.4, 0.5) is 4.79 Å². The minimum atomic E-state index is -0.557. The largest absolute Gasteiger partial charge is 0.465 e. The second kappa shape index (κ2) is 8.81. The van der Waals surface area contributed by atoms with E-state index in [0.29, 0.717) is 42.9 Å². The first kappa shape index (κ1) is 23.3. The standard InChI is InChI=1S/C23H28N6O5/c1-15-14-18-19(25-29(24-18)17-8-6-16(7-9-17)21(31)33-5)20(30)28(15)27-12-10-26(11-13-27)22(32)34-23(2,3)4/h6-9,14H,10-13H2,1-5H3. The number of aromatic nitrogens is 4. The Morgan fingerprint density at radius 3 is 2.24 bits per heavy atom. The Morgan fingerprint density at radius 2 is 1.65 bits per heavy atom. The molecule has 180 valence electrons. The van der Waals surface area contributed by atoms with Gasteiger partial charge in [0, 0.05) is 18.8 Å². The van der Waals surface area contributed by atoms with Crippen LogP contribution in [0.1, 0.15) is 36.8 Å². The van der Waals surface area contributed by atoms with Gasteiger partial charge in [-0.1, -0.05) is 0 Å². The van der Waals surface area contributed by atoms with E-state index in [0.717, 1.165) is 5.69 Å². The highest BCUT2D eigenvalue weighted by Gasteiger charge is 2.27. The molecule has 0 unspecified atom stereocenters. The van der Waals surface area contributed by atoms with Crippen molar-refractivity contribution in [1.29, 1.82) is 0 Å². The third-order valence-electron chi connectivity index (χ3n) is 5.42. The zero-order chi connectivity index (χ0) is 24.6. The first-order valence-electron chi connectivity index (χ1n) is 11.0. The fourth-order valence-corrected chi connectivity index (χ4v) is 3.81. The van der Waals surface area contributed by atoms with Crippen LogP contribution in [0.15, 0.2) is 35.1 Å². The lowest BCUT2D eigenvalue weighted by Crippen LogP contribution is -2.56. The van der Waals surface area contributed by atoms with Gasteiger partial charge in [0.15, 0.2) is 5.52 Å². The van der Waals surface area contributed by atoms with Crippen molar-refractivity contribution >= 4 is 23.1 Å². The van der Waals surface area contributed by atoms with Crippen LogP contribution in [0.25, 0.3) is 16.7 Å². The SMILES string of the molecule is COC(=O)c1ccc(-n2nc3cc(C)n(N4CCN(C(=O)OC(C)(C)C)CC4)c(=O)c3n2)cc1. The molecule has 0 saturated carbocycles. The Kier molecular flexibility index (Phi) is 6.03. The van der Waals surface area contributed by atoms with E-state index in [1.165, 1.54) is 11.9 Å². The number of pyridine rings is 1. The summed E-state index contributed by atoms with van der Waals surface area (Å²) in [5.41, 5.74) is 1.61. The quantitative estimate of drug-likeness (QED) is 0.536. The summed E-state index contributed by atoms with van der Waals surface area (Å²) >= 11 is 0. The van der Waals surface area contributed by atoms with Crippen LogP contribution < -0.4 is 10.6 Å². The lowest BCUT2D eigenvalue weighted by atomic mass is 10.2. The molecule has 0 aliphatic carbocycles. The lowest BCUT2D eigenvalue weighted by Gasteiger charge is -2.37. The van der Waals surface area contributed by atoms with Gasteiger partial charge in [-0.05, 0) is 58.0 Å². The van der Waals surface area contributed by atoms with Crippen molar-refractivity contribution in [1.82, 2.24) is 24.6 Å². The molecule has 0 spiro atoms. The van der Waals surface area contributed by atoms with Crippen molar-refractivity contribution in [3.63, 3.8) is 0 Å². The number of carbonyl (C=O) groups excluding carboxylic acids is 2. The Morgan fingerprint density at radius 1 is 1.00 bits per heavy atom. The van der Waals surface area contributed by atoms with Gasteiger partial charge in [-0.2, -0.15) is 4.80 Å². The highest BCUT2D eigenvalue weighted by atomic mass is 16.6. The molecule has 3 heterocycles. The Labute approximate surface area is 196 Å². The number of esters is 1. The van der Waals surface area contributed by atoms with Crippen LogP contribution in [0.3, 0.4) is 0 Å². The predicted molar refractivity (Wildman–Crippen MR) is 125 cm³/mol. The van der Waals surface area contributed by atoms with Gasteiger partial charge in [0.05, 0.1) is 31.5 Å². The van der Waals surface area contributed by atoms with E-state index >= 15 is 0 Å². The Hall–Kier alpha value is -3.89. The van der Waals surface area contributed by atoms with Gasteiger partial charge in [0.2, 0.25) is 0 Å². The number of piperazine rings is 1. The average molecular weight is 469 g/mol. The van der Waals surface area contributed by atoms with Crippen molar-refractivity contribution in [3.8, 4) is 5.69 Å². The number of hydrogen-bond donors (Lipinski definition) is 0. The summed E-state index contributed by atoms with van der Waals surface area (Å²) in [7, 11) is 1.32. The molecule has 11 nitrogen and oxygen atoms in total. The number of nitrogens with zero attached hydrogens (tertiary/aromatic N) is 6. The van der Waals surface area contributed by atoms with Crippen LogP contribution in [0, 0.1) is 6.92 Å². The van der Waals surface area contributed by atoms with Crippen molar-refractivity contribution in [2.75, 3.05) is 38.3 Å². The topological polar surface area (TPSA) is 112 Å². The van der Waals surface area contributed by atoms with Crippen molar-refractivity contribution in [2.24, 2.45) is 0 Å². The van der Waals surface area contributed by atoms with Crippen LogP contribution in [0.5, 0.6) is 0 Å². The first-order chi connectivity index (χ1) is 16.1. The van der Waals surface area contributed by atoms with Gasteiger partial charge in [-0.3, -0.25) is 4.79 Å². The number of methoxy groups -OCH3 is 1. The molecular weight excluding hydrogens is 440 g/mol. The molecule has 1 amide bonds. The average Bonchev–Trinajstić information content (AvgIpc) is 3.22. The first-order valence-corrected chi connectivity index (χ1v) is 11.0. The fourth-order valence-electron chi connectivity index (χ4n) is 3.81. The molecule has 3 aromatic rings. The smallest absolute Gasteiger partial charge is 0.410 e. The molecule has 1 aliphatic heterocycles.